The molecule has 0 atom stereocenters. The third kappa shape index (κ3) is 4.87. The quantitative estimate of drug-likeness (QED) is 0.824. The molecule has 1 fully saturated rings. The summed E-state index contributed by atoms with van der Waals surface area (Å²) in [4.78, 5) is 25.2. The Hall–Kier alpha value is -2.24. The lowest BCUT2D eigenvalue weighted by atomic mass is 10.1. The lowest BCUT2D eigenvalue weighted by molar-refractivity contribution is -0.137. The van der Waals surface area contributed by atoms with Crippen molar-refractivity contribution in [2.75, 3.05) is 33.9 Å². The van der Waals surface area contributed by atoms with Crippen molar-refractivity contribution in [3.05, 3.63) is 23.8 Å². The second-order valence-electron chi connectivity index (χ2n) is 5.56. The van der Waals surface area contributed by atoms with Crippen molar-refractivity contribution in [2.45, 2.75) is 25.7 Å². The van der Waals surface area contributed by atoms with E-state index in [-0.39, 0.29) is 18.4 Å². The molecule has 0 bridgehead atoms. The van der Waals surface area contributed by atoms with Crippen molar-refractivity contribution in [3.63, 3.8) is 0 Å². The molecule has 0 unspecified atom stereocenters. The number of likely N-dealkylation sites (tertiary alicyclic amines) is 1. The van der Waals surface area contributed by atoms with Crippen LogP contribution in [0, 0.1) is 0 Å². The van der Waals surface area contributed by atoms with Gasteiger partial charge in [0.25, 0.3) is 0 Å². The highest BCUT2D eigenvalue weighted by atomic mass is 16.5. The van der Waals surface area contributed by atoms with E-state index in [0.717, 1.165) is 18.4 Å². The zero-order valence-electron chi connectivity index (χ0n) is 13.8. The molecule has 126 valence electrons. The van der Waals surface area contributed by atoms with Gasteiger partial charge in [-0.05, 0) is 37.0 Å². The van der Waals surface area contributed by atoms with Crippen LogP contribution in [0.3, 0.4) is 0 Å². The molecule has 0 spiro atoms. The number of nitrogens with zero attached hydrogens (tertiary/aromatic N) is 1. The van der Waals surface area contributed by atoms with Gasteiger partial charge in [0.1, 0.15) is 0 Å². The molecule has 1 saturated heterocycles. The van der Waals surface area contributed by atoms with Crippen LogP contribution in [0.5, 0.6) is 11.5 Å². The van der Waals surface area contributed by atoms with Crippen LogP contribution in [-0.2, 0) is 16.0 Å². The fourth-order valence-electron chi connectivity index (χ4n) is 2.64. The van der Waals surface area contributed by atoms with E-state index in [1.165, 1.54) is 0 Å². The molecule has 1 heterocycles. The van der Waals surface area contributed by atoms with Crippen molar-refractivity contribution in [1.29, 1.82) is 0 Å². The molecule has 0 saturated carbocycles. The first-order chi connectivity index (χ1) is 11.1. The largest absolute Gasteiger partial charge is 0.493 e. The number of nitrogens with one attached hydrogen (secondary N) is 1. The lowest BCUT2D eigenvalue weighted by Crippen LogP contribution is -2.43. The van der Waals surface area contributed by atoms with Gasteiger partial charge in [0.2, 0.25) is 11.8 Å². The third-order valence-electron chi connectivity index (χ3n) is 3.94. The molecule has 2 rings (SSSR count). The van der Waals surface area contributed by atoms with Crippen LogP contribution in [0.4, 0.5) is 0 Å². The number of carbonyl (C=O) groups excluding carboxylic acids is 2. The Kier molecular flexibility index (Phi) is 6.26. The average molecular weight is 320 g/mol. The number of ether oxygens (including phenoxy) is 2. The van der Waals surface area contributed by atoms with E-state index in [0.29, 0.717) is 37.4 Å². The van der Waals surface area contributed by atoms with Gasteiger partial charge < -0.3 is 19.7 Å². The maximum Gasteiger partial charge on any atom is 0.239 e. The van der Waals surface area contributed by atoms with Gasteiger partial charge in [0, 0.05) is 19.5 Å². The Morgan fingerprint density at radius 3 is 2.70 bits per heavy atom. The van der Waals surface area contributed by atoms with Gasteiger partial charge in [0.15, 0.2) is 11.5 Å². The number of rotatable bonds is 7. The molecule has 2 amide bonds. The summed E-state index contributed by atoms with van der Waals surface area (Å²) in [5.74, 6) is 1.33. The summed E-state index contributed by atoms with van der Waals surface area (Å²) < 4.78 is 10.5. The SMILES string of the molecule is COc1ccc(CCNC(=O)CN2CCCCC2=O)cc1OC. The van der Waals surface area contributed by atoms with Crippen LogP contribution >= 0.6 is 0 Å². The number of hydrogen-bond acceptors (Lipinski definition) is 4. The predicted octanol–water partition coefficient (Wildman–Crippen LogP) is 1.37. The van der Waals surface area contributed by atoms with Gasteiger partial charge >= 0.3 is 0 Å². The Morgan fingerprint density at radius 2 is 2.00 bits per heavy atom. The van der Waals surface area contributed by atoms with Crippen molar-refractivity contribution >= 4 is 11.8 Å². The molecule has 1 aliphatic rings. The minimum absolute atomic E-state index is 0.0753. The molecular weight excluding hydrogens is 296 g/mol. The van der Waals surface area contributed by atoms with Crippen LogP contribution in [0.1, 0.15) is 24.8 Å². The third-order valence-corrected chi connectivity index (χ3v) is 3.94. The Balaban J connectivity index is 1.78. The summed E-state index contributed by atoms with van der Waals surface area (Å²) in [6.45, 7) is 1.36. The molecule has 1 aromatic rings. The topological polar surface area (TPSA) is 67.9 Å². The van der Waals surface area contributed by atoms with Crippen molar-refractivity contribution in [2.24, 2.45) is 0 Å². The highest BCUT2D eigenvalue weighted by Crippen LogP contribution is 2.27. The predicted molar refractivity (Wildman–Crippen MR) is 86.7 cm³/mol. The number of hydrogen-bond donors (Lipinski definition) is 1. The summed E-state index contributed by atoms with van der Waals surface area (Å²) >= 11 is 0. The van der Waals surface area contributed by atoms with Crippen LogP contribution in [0.25, 0.3) is 0 Å². The number of methoxy groups -OCH3 is 2. The van der Waals surface area contributed by atoms with E-state index in [4.69, 9.17) is 9.47 Å². The standard InChI is InChI=1S/C17H24N2O4/c1-22-14-7-6-13(11-15(14)23-2)8-9-18-16(20)12-19-10-4-3-5-17(19)21/h6-7,11H,3-5,8-10,12H2,1-2H3,(H,18,20). The molecule has 0 radical (unpaired) electrons. The molecule has 0 aromatic heterocycles. The highest BCUT2D eigenvalue weighted by Gasteiger charge is 2.20. The van der Waals surface area contributed by atoms with Crippen molar-refractivity contribution < 1.29 is 19.1 Å². The fourth-order valence-corrected chi connectivity index (χ4v) is 2.64. The van der Waals surface area contributed by atoms with Gasteiger partial charge in [-0.2, -0.15) is 0 Å². The molecule has 6 nitrogen and oxygen atoms in total. The number of carbonyl (C=O) groups is 2. The van der Waals surface area contributed by atoms with Crippen molar-refractivity contribution in [1.82, 2.24) is 10.2 Å². The van der Waals surface area contributed by atoms with Crippen molar-refractivity contribution in [3.8, 4) is 11.5 Å². The highest BCUT2D eigenvalue weighted by molar-refractivity contribution is 5.85. The molecule has 23 heavy (non-hydrogen) atoms. The van der Waals surface area contributed by atoms with Crippen LogP contribution in [0.15, 0.2) is 18.2 Å². The minimum Gasteiger partial charge on any atom is -0.493 e. The van der Waals surface area contributed by atoms with Gasteiger partial charge in [-0.3, -0.25) is 9.59 Å². The Labute approximate surface area is 136 Å². The Bertz CT molecular complexity index is 560. The number of benzene rings is 1. The molecular formula is C17H24N2O4. The summed E-state index contributed by atoms with van der Waals surface area (Å²) in [6.07, 6.45) is 3.15. The van der Waals surface area contributed by atoms with E-state index >= 15 is 0 Å². The normalized spacial score (nSPS) is 14.5. The van der Waals surface area contributed by atoms with Gasteiger partial charge in [-0.1, -0.05) is 6.07 Å². The van der Waals surface area contributed by atoms with Crippen LogP contribution in [0.2, 0.25) is 0 Å². The van der Waals surface area contributed by atoms with E-state index in [1.807, 2.05) is 18.2 Å². The second kappa shape index (κ2) is 8.41. The van der Waals surface area contributed by atoms with Crippen LogP contribution in [-0.4, -0.2) is 50.6 Å². The average Bonchev–Trinajstić information content (AvgIpc) is 2.56. The first-order valence-electron chi connectivity index (χ1n) is 7.89. The first kappa shape index (κ1) is 17.1. The molecule has 6 heteroatoms. The zero-order chi connectivity index (χ0) is 16.7. The fraction of sp³-hybridized carbons (Fsp3) is 0.529. The minimum atomic E-state index is -0.110. The maximum absolute atomic E-state index is 11.9. The zero-order valence-corrected chi connectivity index (χ0v) is 13.8. The monoisotopic (exact) mass is 320 g/mol. The maximum atomic E-state index is 11.9. The molecule has 1 aromatic carbocycles. The van der Waals surface area contributed by atoms with Crippen LogP contribution < -0.4 is 14.8 Å². The summed E-state index contributed by atoms with van der Waals surface area (Å²) in [6, 6.07) is 5.70. The second-order valence-corrected chi connectivity index (χ2v) is 5.56. The van der Waals surface area contributed by atoms with Gasteiger partial charge in [-0.15, -0.1) is 0 Å². The number of amides is 2. The smallest absolute Gasteiger partial charge is 0.239 e. The van der Waals surface area contributed by atoms with E-state index in [9.17, 15) is 9.59 Å². The molecule has 1 aliphatic heterocycles. The number of piperidine rings is 1. The van der Waals surface area contributed by atoms with Gasteiger partial charge in [0.05, 0.1) is 20.8 Å². The molecule has 0 aliphatic carbocycles. The first-order valence-corrected chi connectivity index (χ1v) is 7.89. The summed E-state index contributed by atoms with van der Waals surface area (Å²) in [5.41, 5.74) is 1.05. The van der Waals surface area contributed by atoms with E-state index in [1.54, 1.807) is 19.1 Å². The summed E-state index contributed by atoms with van der Waals surface area (Å²) in [7, 11) is 3.19. The molecule has 1 N–H and O–H groups in total. The van der Waals surface area contributed by atoms with E-state index in [2.05, 4.69) is 5.32 Å². The lowest BCUT2D eigenvalue weighted by Gasteiger charge is -2.25. The van der Waals surface area contributed by atoms with Gasteiger partial charge in [-0.25, -0.2) is 0 Å². The Morgan fingerprint density at radius 1 is 1.22 bits per heavy atom. The summed E-state index contributed by atoms with van der Waals surface area (Å²) in [5, 5.41) is 2.86. The van der Waals surface area contributed by atoms with E-state index < -0.39 is 0 Å².